The van der Waals surface area contributed by atoms with Crippen LogP contribution in [0.4, 0.5) is 5.69 Å². The van der Waals surface area contributed by atoms with Gasteiger partial charge >= 0.3 is 0 Å². The number of pyridine rings is 1. The topological polar surface area (TPSA) is 21.4 Å². The number of hydrogen-bond donors (Lipinski definition) is 0. The van der Waals surface area contributed by atoms with Crippen LogP contribution < -0.4 is 4.57 Å². The van der Waals surface area contributed by atoms with Crippen molar-refractivity contribution in [1.29, 1.82) is 0 Å². The number of aromatic nitrogens is 1. The van der Waals surface area contributed by atoms with Gasteiger partial charge in [-0.25, -0.2) is 9.41 Å². The van der Waals surface area contributed by atoms with Gasteiger partial charge in [0.05, 0.1) is 12.1 Å². The summed E-state index contributed by atoms with van der Waals surface area (Å²) in [5, 5.41) is 1.99. The molecule has 0 aliphatic heterocycles. The van der Waals surface area contributed by atoms with Crippen molar-refractivity contribution >= 4 is 27.6 Å². The molecule has 0 radical (unpaired) electrons. The summed E-state index contributed by atoms with van der Waals surface area (Å²) >= 11 is 0. The highest BCUT2D eigenvalue weighted by molar-refractivity contribution is 6.15. The minimum Gasteiger partial charge on any atom is -0.457 e. The Hall–Kier alpha value is -3.12. The molecular formula is C26H25N2O+. The predicted molar refractivity (Wildman–Crippen MR) is 117 cm³/mol. The largest absolute Gasteiger partial charge is 0.457 e. The van der Waals surface area contributed by atoms with E-state index in [1.165, 1.54) is 37.7 Å². The third-order valence-corrected chi connectivity index (χ3v) is 6.46. The summed E-state index contributed by atoms with van der Waals surface area (Å²) in [5.41, 5.74) is 6.89. The van der Waals surface area contributed by atoms with Crippen molar-refractivity contribution in [2.24, 2.45) is 7.05 Å². The molecule has 0 bridgehead atoms. The van der Waals surface area contributed by atoms with Crippen LogP contribution in [0.25, 0.3) is 38.0 Å². The van der Waals surface area contributed by atoms with Gasteiger partial charge in [0.25, 0.3) is 0 Å². The molecule has 144 valence electrons. The van der Waals surface area contributed by atoms with Gasteiger partial charge in [0.2, 0.25) is 11.4 Å². The average Bonchev–Trinajstić information content (AvgIpc) is 3.11. The van der Waals surface area contributed by atoms with Crippen LogP contribution >= 0.6 is 0 Å². The highest BCUT2D eigenvalue weighted by atomic mass is 16.3. The van der Waals surface area contributed by atoms with Crippen LogP contribution in [0.5, 0.6) is 0 Å². The summed E-state index contributed by atoms with van der Waals surface area (Å²) in [6, 6.07) is 14.8. The standard InChI is InChI=1S/C26H25N2O/c1-17-15-23-25(26(27-2)24(17)21-11-7-8-14-28(21)3)20-13-12-19(16-22(20)29-23)18-9-5-4-6-10-18/h7-8,11-16,18H,4-6,9-10H2,1,3H3/q+1. The molecule has 4 aromatic rings. The molecular weight excluding hydrogens is 356 g/mol. The number of fused-ring (bicyclic) bond motifs is 3. The zero-order valence-electron chi connectivity index (χ0n) is 17.0. The molecule has 1 aliphatic carbocycles. The molecule has 1 fully saturated rings. The minimum absolute atomic E-state index is 0.641. The first kappa shape index (κ1) is 17.9. The smallest absolute Gasteiger partial charge is 0.212 e. The fourth-order valence-electron chi connectivity index (χ4n) is 4.97. The van der Waals surface area contributed by atoms with E-state index < -0.39 is 0 Å². The molecule has 0 N–H and O–H groups in total. The van der Waals surface area contributed by atoms with Gasteiger partial charge in [-0.05, 0) is 55.0 Å². The molecule has 1 saturated carbocycles. The molecule has 0 amide bonds. The van der Waals surface area contributed by atoms with Crippen molar-refractivity contribution in [1.82, 2.24) is 0 Å². The number of hydrogen-bond acceptors (Lipinski definition) is 1. The Labute approximate surface area is 171 Å². The van der Waals surface area contributed by atoms with Crippen LogP contribution in [0, 0.1) is 13.5 Å². The van der Waals surface area contributed by atoms with Crippen LogP contribution in [-0.2, 0) is 7.05 Å². The summed E-state index contributed by atoms with van der Waals surface area (Å²) in [5.74, 6) is 0.641. The van der Waals surface area contributed by atoms with E-state index in [-0.39, 0.29) is 0 Å². The van der Waals surface area contributed by atoms with Crippen molar-refractivity contribution in [3.63, 3.8) is 0 Å². The number of rotatable bonds is 2. The maximum Gasteiger partial charge on any atom is 0.212 e. The van der Waals surface area contributed by atoms with Gasteiger partial charge in [-0.2, -0.15) is 0 Å². The lowest BCUT2D eigenvalue weighted by Crippen LogP contribution is -2.30. The lowest BCUT2D eigenvalue weighted by molar-refractivity contribution is -0.660. The second-order valence-electron chi connectivity index (χ2n) is 8.29. The Bertz CT molecular complexity index is 1270. The van der Waals surface area contributed by atoms with Gasteiger partial charge in [0, 0.05) is 22.9 Å². The maximum atomic E-state index is 7.97. The van der Waals surface area contributed by atoms with E-state index in [1.807, 2.05) is 25.4 Å². The highest BCUT2D eigenvalue weighted by Crippen LogP contribution is 2.44. The Morgan fingerprint density at radius 2 is 1.86 bits per heavy atom. The van der Waals surface area contributed by atoms with E-state index in [2.05, 4.69) is 46.7 Å². The molecule has 29 heavy (non-hydrogen) atoms. The Morgan fingerprint density at radius 3 is 2.62 bits per heavy atom. The molecule has 0 spiro atoms. The molecule has 0 atom stereocenters. The molecule has 2 aromatic heterocycles. The van der Waals surface area contributed by atoms with Crippen LogP contribution in [0.1, 0.15) is 49.1 Å². The zero-order chi connectivity index (χ0) is 20.0. The maximum absolute atomic E-state index is 7.97. The van der Waals surface area contributed by atoms with E-state index in [0.29, 0.717) is 11.6 Å². The molecule has 2 heterocycles. The fraction of sp³-hybridized carbons (Fsp3) is 0.308. The van der Waals surface area contributed by atoms with E-state index in [9.17, 15) is 0 Å². The van der Waals surface area contributed by atoms with Gasteiger partial charge in [0.1, 0.15) is 18.2 Å². The monoisotopic (exact) mass is 381 g/mol. The second kappa shape index (κ2) is 7.04. The first-order valence-corrected chi connectivity index (χ1v) is 10.5. The lowest BCUT2D eigenvalue weighted by atomic mass is 9.84. The average molecular weight is 381 g/mol. The quantitative estimate of drug-likeness (QED) is 0.271. The van der Waals surface area contributed by atoms with Crippen molar-refractivity contribution in [2.45, 2.75) is 44.9 Å². The van der Waals surface area contributed by atoms with Gasteiger partial charge in [-0.3, -0.25) is 0 Å². The van der Waals surface area contributed by atoms with Crippen molar-refractivity contribution in [3.8, 4) is 11.3 Å². The Morgan fingerprint density at radius 1 is 1.03 bits per heavy atom. The summed E-state index contributed by atoms with van der Waals surface area (Å²) in [4.78, 5) is 3.99. The molecule has 1 aliphatic rings. The van der Waals surface area contributed by atoms with E-state index in [4.69, 9.17) is 11.0 Å². The van der Waals surface area contributed by atoms with Crippen molar-refractivity contribution in [2.75, 3.05) is 0 Å². The van der Waals surface area contributed by atoms with Gasteiger partial charge in [0.15, 0.2) is 6.20 Å². The van der Waals surface area contributed by atoms with Crippen molar-refractivity contribution < 1.29 is 8.98 Å². The molecule has 3 nitrogen and oxygen atoms in total. The van der Waals surface area contributed by atoms with Crippen LogP contribution in [0.2, 0.25) is 0 Å². The predicted octanol–water partition coefficient (Wildman–Crippen LogP) is 6.98. The van der Waals surface area contributed by atoms with Crippen LogP contribution in [0.15, 0.2) is 53.1 Å². The normalized spacial score (nSPS) is 15.1. The number of benzene rings is 2. The lowest BCUT2D eigenvalue weighted by Gasteiger charge is -2.21. The Kier molecular flexibility index (Phi) is 4.36. The first-order valence-electron chi connectivity index (χ1n) is 10.5. The van der Waals surface area contributed by atoms with E-state index in [1.54, 1.807) is 0 Å². The van der Waals surface area contributed by atoms with Gasteiger partial charge < -0.3 is 4.42 Å². The number of aryl methyl sites for hydroxylation is 2. The Balaban J connectivity index is 1.75. The summed E-state index contributed by atoms with van der Waals surface area (Å²) in [6.45, 7) is 10.0. The molecule has 3 heteroatoms. The zero-order valence-corrected chi connectivity index (χ0v) is 17.0. The third kappa shape index (κ3) is 2.91. The van der Waals surface area contributed by atoms with Gasteiger partial charge in [-0.15, -0.1) is 0 Å². The van der Waals surface area contributed by atoms with Crippen LogP contribution in [0.3, 0.4) is 0 Å². The SMILES string of the molecule is [C-]#[N+]c1c(-c2cccc[n+]2C)c(C)cc2oc3cc(C4CCCCC4)ccc3c12. The molecule has 0 saturated heterocycles. The van der Waals surface area contributed by atoms with Crippen LogP contribution in [-0.4, -0.2) is 0 Å². The molecule has 2 aromatic carbocycles. The molecule has 0 unspecified atom stereocenters. The van der Waals surface area contributed by atoms with E-state index in [0.717, 1.165) is 38.8 Å². The van der Waals surface area contributed by atoms with Gasteiger partial charge in [-0.1, -0.05) is 31.4 Å². The second-order valence-corrected chi connectivity index (χ2v) is 8.29. The number of furan rings is 1. The molecule has 5 rings (SSSR count). The fourth-order valence-corrected chi connectivity index (χ4v) is 4.97. The minimum atomic E-state index is 0.641. The highest BCUT2D eigenvalue weighted by Gasteiger charge is 2.24. The van der Waals surface area contributed by atoms with E-state index >= 15 is 0 Å². The number of nitrogens with zero attached hydrogens (tertiary/aromatic N) is 2. The summed E-state index contributed by atoms with van der Waals surface area (Å²) < 4.78 is 8.35. The first-order chi connectivity index (χ1) is 14.2. The third-order valence-electron chi connectivity index (χ3n) is 6.46. The summed E-state index contributed by atoms with van der Waals surface area (Å²) in [6.07, 6.45) is 8.57. The van der Waals surface area contributed by atoms with Crippen molar-refractivity contribution in [3.05, 3.63) is 71.2 Å². The summed E-state index contributed by atoms with van der Waals surface area (Å²) in [7, 11) is 2.02.